The number of thioether (sulfide) groups is 1. The van der Waals surface area contributed by atoms with Crippen LogP contribution in [0.15, 0.2) is 84.0 Å². The summed E-state index contributed by atoms with van der Waals surface area (Å²) in [5, 5.41) is 15.1. The second-order valence-corrected chi connectivity index (χ2v) is 19.9. The largest absolute Gasteiger partial charge is 0.487 e. The Kier molecular flexibility index (Phi) is 15.2. The van der Waals surface area contributed by atoms with E-state index in [9.17, 15) is 9.90 Å². The highest BCUT2D eigenvalue weighted by atomic mass is 32.2. The molecule has 9 heteroatoms. The van der Waals surface area contributed by atoms with E-state index < -0.39 is 11.4 Å². The van der Waals surface area contributed by atoms with Crippen molar-refractivity contribution in [2.75, 3.05) is 6.61 Å². The van der Waals surface area contributed by atoms with Crippen LogP contribution < -0.4 is 14.8 Å². The van der Waals surface area contributed by atoms with Crippen LogP contribution in [-0.4, -0.2) is 49.0 Å². The first-order valence-electron chi connectivity index (χ1n) is 21.8. The molecule has 59 heavy (non-hydrogen) atoms. The summed E-state index contributed by atoms with van der Waals surface area (Å²) in [6.07, 6.45) is 18.6. The maximum Gasteiger partial charge on any atom is 0.309 e. The van der Waals surface area contributed by atoms with Gasteiger partial charge in [0.15, 0.2) is 0 Å². The van der Waals surface area contributed by atoms with Gasteiger partial charge in [-0.3, -0.25) is 9.78 Å². The molecule has 0 bridgehead atoms. The molecule has 8 nitrogen and oxygen atoms in total. The molecule has 0 unspecified atom stereocenters. The van der Waals surface area contributed by atoms with Crippen LogP contribution in [0.1, 0.15) is 128 Å². The van der Waals surface area contributed by atoms with Crippen LogP contribution >= 0.6 is 11.8 Å². The van der Waals surface area contributed by atoms with E-state index in [1.165, 1.54) is 64.2 Å². The lowest BCUT2D eigenvalue weighted by atomic mass is 9.88. The molecule has 3 heterocycles. The van der Waals surface area contributed by atoms with E-state index in [0.717, 1.165) is 67.3 Å². The van der Waals surface area contributed by atoms with Crippen molar-refractivity contribution in [2.24, 2.45) is 5.41 Å². The molecule has 7 rings (SSSR count). The van der Waals surface area contributed by atoms with Crippen molar-refractivity contribution < 1.29 is 19.4 Å². The summed E-state index contributed by atoms with van der Waals surface area (Å²) >= 11 is 1.77. The molecule has 2 aromatic carbocycles. The quantitative estimate of drug-likeness (QED) is 0.107. The van der Waals surface area contributed by atoms with E-state index in [2.05, 4.69) is 77.0 Å². The van der Waals surface area contributed by atoms with Crippen molar-refractivity contribution in [1.82, 2.24) is 19.9 Å². The van der Waals surface area contributed by atoms with E-state index in [0.29, 0.717) is 32.1 Å². The highest BCUT2D eigenvalue weighted by Gasteiger charge is 2.33. The van der Waals surface area contributed by atoms with Crippen LogP contribution in [0.3, 0.4) is 0 Å². The average Bonchev–Trinajstić information content (AvgIpc) is 3.48. The summed E-state index contributed by atoms with van der Waals surface area (Å²) in [4.78, 5) is 22.4. The Morgan fingerprint density at radius 3 is 2.03 bits per heavy atom. The van der Waals surface area contributed by atoms with Crippen LogP contribution in [0.2, 0.25) is 0 Å². The summed E-state index contributed by atoms with van der Waals surface area (Å²) in [5.41, 5.74) is 6.27. The number of nitrogens with one attached hydrogen (secondary N) is 1. The predicted molar refractivity (Wildman–Crippen MR) is 243 cm³/mol. The minimum Gasteiger partial charge on any atom is -0.487 e. The lowest BCUT2D eigenvalue weighted by Crippen LogP contribution is -2.40. The second-order valence-electron chi connectivity index (χ2n) is 18.1. The first-order valence-corrected chi connectivity index (χ1v) is 22.7. The molecule has 316 valence electrons. The van der Waals surface area contributed by atoms with Crippen molar-refractivity contribution in [3.8, 4) is 22.8 Å². The van der Waals surface area contributed by atoms with E-state index in [4.69, 9.17) is 9.47 Å². The normalized spacial score (nSPS) is 15.4. The van der Waals surface area contributed by atoms with Gasteiger partial charge < -0.3 is 24.5 Å². The van der Waals surface area contributed by atoms with Gasteiger partial charge in [-0.25, -0.2) is 4.98 Å². The van der Waals surface area contributed by atoms with Gasteiger partial charge in [-0.05, 0) is 100 Å². The number of benzene rings is 2. The summed E-state index contributed by atoms with van der Waals surface area (Å²) < 4.78 is 13.9. The molecule has 2 aliphatic rings. The number of aromatic nitrogens is 3. The predicted octanol–water partition coefficient (Wildman–Crippen LogP) is 12.2. The minimum absolute atomic E-state index is 0.0999. The number of hydrogen-bond acceptors (Lipinski definition) is 7. The summed E-state index contributed by atoms with van der Waals surface area (Å²) in [7, 11) is 0. The topological polar surface area (TPSA) is 98.5 Å². The van der Waals surface area contributed by atoms with Crippen molar-refractivity contribution in [3.63, 3.8) is 0 Å². The highest BCUT2D eigenvalue weighted by Crippen LogP contribution is 2.44. The summed E-state index contributed by atoms with van der Waals surface area (Å²) in [6.45, 7) is 15.7. The number of ether oxygens (including phenoxy) is 2. The van der Waals surface area contributed by atoms with Crippen molar-refractivity contribution in [1.29, 1.82) is 0 Å². The Labute approximate surface area is 356 Å². The zero-order valence-corrected chi connectivity index (χ0v) is 37.3. The third-order valence-corrected chi connectivity index (χ3v) is 12.7. The zero-order chi connectivity index (χ0) is 42.0. The first-order chi connectivity index (χ1) is 28.3. The fourth-order valence-electron chi connectivity index (χ4n) is 8.10. The Bertz CT molecular complexity index is 2080. The molecule has 2 saturated carbocycles. The molecule has 2 N–H and O–H groups in total. The average molecular weight is 819 g/mol. The Balaban J connectivity index is 0.000000379. The molecular formula is C50H66N4O4S. The number of nitrogens with zero attached hydrogens (tertiary/aromatic N) is 3. The Morgan fingerprint density at radius 1 is 0.814 bits per heavy atom. The monoisotopic (exact) mass is 818 g/mol. The molecule has 3 aromatic heterocycles. The van der Waals surface area contributed by atoms with Gasteiger partial charge in [-0.2, -0.15) is 0 Å². The molecule has 2 aliphatic carbocycles. The van der Waals surface area contributed by atoms with Gasteiger partial charge in [0, 0.05) is 75.3 Å². The maximum absolute atomic E-state index is 12.4. The fraction of sp³-hybridized carbons (Fsp3) is 0.500. The van der Waals surface area contributed by atoms with Crippen molar-refractivity contribution in [2.45, 2.75) is 154 Å². The molecule has 0 spiro atoms. The lowest BCUT2D eigenvalue weighted by Gasteiger charge is -2.30. The van der Waals surface area contributed by atoms with Gasteiger partial charge in [-0.15, -0.1) is 11.8 Å². The molecule has 0 atom stereocenters. The molecule has 0 radical (unpaired) electrons. The molecule has 2 fully saturated rings. The van der Waals surface area contributed by atoms with E-state index in [-0.39, 0.29) is 4.75 Å². The first kappa shape index (κ1) is 44.2. The smallest absolute Gasteiger partial charge is 0.309 e. The van der Waals surface area contributed by atoms with E-state index >= 15 is 0 Å². The SMILES string of the molecule is C1CCC(NC2CCCCC2)CC1.CCOc1ccc(-c2ccc(Cn3c(CC(C)(C)C(=O)O)c(SC(C)(C)C)c4cc(OCc5ccc(C)cn5)ccc43)cc2)cn1. The van der Waals surface area contributed by atoms with Gasteiger partial charge in [0.05, 0.1) is 17.7 Å². The van der Waals surface area contributed by atoms with E-state index in [1.54, 1.807) is 25.6 Å². The molecular weight excluding hydrogens is 753 g/mol. The van der Waals surface area contributed by atoms with Crippen LogP contribution in [0.5, 0.6) is 11.6 Å². The maximum atomic E-state index is 12.4. The number of carboxylic acid groups (broad SMARTS) is 1. The zero-order valence-electron chi connectivity index (χ0n) is 36.5. The van der Waals surface area contributed by atoms with E-state index in [1.807, 2.05) is 56.6 Å². The fourth-order valence-corrected chi connectivity index (χ4v) is 9.28. The van der Waals surface area contributed by atoms with Crippen LogP contribution in [-0.2, 0) is 24.4 Å². The summed E-state index contributed by atoms with van der Waals surface area (Å²) in [6, 6.07) is 24.3. The molecule has 0 amide bonds. The number of fused-ring (bicyclic) bond motifs is 1. The minimum atomic E-state index is -0.958. The number of pyridine rings is 2. The van der Waals surface area contributed by atoms with Gasteiger partial charge in [0.2, 0.25) is 5.88 Å². The Hall–Kier alpha value is -4.34. The molecule has 0 aliphatic heterocycles. The second kappa shape index (κ2) is 20.3. The van der Waals surface area contributed by atoms with Crippen LogP contribution in [0.4, 0.5) is 0 Å². The van der Waals surface area contributed by atoms with Crippen molar-refractivity contribution in [3.05, 3.63) is 102 Å². The lowest BCUT2D eigenvalue weighted by molar-refractivity contribution is -0.146. The summed E-state index contributed by atoms with van der Waals surface area (Å²) in [5.74, 6) is 0.544. The standard InChI is InChI=1S/C38H43N3O4S.C12H23N/c1-8-44-34-18-14-28(22-40-34)27-12-10-26(11-13-27)23-41-32-17-16-30(45-24-29-15-9-25(2)21-39-29)19-31(32)35(46-37(3,4)5)33(41)20-38(6,7)36(42)43;1-3-7-11(8-4-1)13-12-9-5-2-6-10-12/h9-19,21-22H,8,20,23-24H2,1-7H3,(H,42,43);11-13H,1-10H2. The number of aryl methyl sites for hydroxylation is 1. The van der Waals surface area contributed by atoms with Crippen molar-refractivity contribution >= 4 is 28.6 Å². The Morgan fingerprint density at radius 2 is 1.47 bits per heavy atom. The van der Waals surface area contributed by atoms with Gasteiger partial charge >= 0.3 is 5.97 Å². The molecule has 5 aromatic rings. The van der Waals surface area contributed by atoms with Crippen LogP contribution in [0.25, 0.3) is 22.0 Å². The number of aliphatic carboxylic acids is 1. The number of hydrogen-bond donors (Lipinski definition) is 2. The number of carbonyl (C=O) groups is 1. The van der Waals surface area contributed by atoms with Gasteiger partial charge in [0.1, 0.15) is 12.4 Å². The number of carboxylic acids is 1. The third-order valence-electron chi connectivity index (χ3n) is 11.4. The van der Waals surface area contributed by atoms with Gasteiger partial charge in [0.25, 0.3) is 0 Å². The van der Waals surface area contributed by atoms with Gasteiger partial charge in [-0.1, -0.05) is 89.6 Å². The van der Waals surface area contributed by atoms with Crippen LogP contribution in [0, 0.1) is 12.3 Å². The third kappa shape index (κ3) is 12.6. The molecule has 0 saturated heterocycles. The highest BCUT2D eigenvalue weighted by molar-refractivity contribution is 8.00. The number of rotatable bonds is 14.